The van der Waals surface area contributed by atoms with Crippen LogP contribution in [0, 0.1) is 23.7 Å². The predicted octanol–water partition coefficient (Wildman–Crippen LogP) is 3.62. The first kappa shape index (κ1) is 14.8. The first-order valence-electron chi connectivity index (χ1n) is 7.70. The Morgan fingerprint density at radius 1 is 1.38 bits per heavy atom. The molecule has 2 N–H and O–H groups in total. The van der Waals surface area contributed by atoms with Crippen molar-refractivity contribution in [3.8, 4) is 5.88 Å². The molecule has 3 unspecified atom stereocenters. The first-order chi connectivity index (χ1) is 9.75. The Hall–Kier alpha value is -1.16. The minimum Gasteiger partial charge on any atom is -0.473 e. The maximum atomic E-state index is 6.34. The molecule has 2 bridgehead atoms. The lowest BCUT2D eigenvalue weighted by Gasteiger charge is -2.38. The van der Waals surface area contributed by atoms with E-state index in [9.17, 15) is 0 Å². The summed E-state index contributed by atoms with van der Waals surface area (Å²) < 4.78 is 6.34. The standard InChI is InChI=1S/C17H24N2OS/c1-10-5-6-12(14(18)21)15(19-10)20-13-9-11-7-8-17(13,4)16(11,2)3/h5-6,11,13H,7-9H2,1-4H3,(H2,18,21). The van der Waals surface area contributed by atoms with Gasteiger partial charge in [-0.05, 0) is 49.7 Å². The number of pyridine rings is 1. The number of hydrogen-bond donors (Lipinski definition) is 1. The van der Waals surface area contributed by atoms with Crippen LogP contribution in [-0.2, 0) is 0 Å². The lowest BCUT2D eigenvalue weighted by molar-refractivity contribution is 0.0271. The van der Waals surface area contributed by atoms with E-state index < -0.39 is 0 Å². The minimum absolute atomic E-state index is 0.202. The van der Waals surface area contributed by atoms with Crippen LogP contribution in [0.25, 0.3) is 0 Å². The molecule has 1 aromatic heterocycles. The molecule has 2 fully saturated rings. The van der Waals surface area contributed by atoms with Gasteiger partial charge in [-0.15, -0.1) is 0 Å². The molecule has 0 radical (unpaired) electrons. The molecule has 1 heterocycles. The summed E-state index contributed by atoms with van der Waals surface area (Å²) in [5, 5.41) is 0. The van der Waals surface area contributed by atoms with E-state index in [0.29, 0.717) is 16.3 Å². The summed E-state index contributed by atoms with van der Waals surface area (Å²) in [6.07, 6.45) is 3.85. The van der Waals surface area contributed by atoms with Gasteiger partial charge in [0.1, 0.15) is 11.1 Å². The molecule has 1 aromatic rings. The van der Waals surface area contributed by atoms with Crippen LogP contribution in [0.2, 0.25) is 0 Å². The molecule has 2 saturated carbocycles. The van der Waals surface area contributed by atoms with Crippen LogP contribution in [0.1, 0.15) is 51.3 Å². The van der Waals surface area contributed by atoms with Gasteiger partial charge in [0.2, 0.25) is 5.88 Å². The molecule has 2 aliphatic rings. The molecule has 21 heavy (non-hydrogen) atoms. The minimum atomic E-state index is 0.202. The molecule has 4 heteroatoms. The number of nitrogens with zero attached hydrogens (tertiary/aromatic N) is 1. The number of ether oxygens (including phenoxy) is 1. The molecule has 3 rings (SSSR count). The molecule has 3 atom stereocenters. The van der Waals surface area contributed by atoms with Gasteiger partial charge in [0.05, 0.1) is 5.56 Å². The van der Waals surface area contributed by atoms with Gasteiger partial charge in [-0.1, -0.05) is 33.0 Å². The molecular formula is C17H24N2OS. The largest absolute Gasteiger partial charge is 0.473 e. The molecule has 0 saturated heterocycles. The first-order valence-corrected chi connectivity index (χ1v) is 8.10. The summed E-state index contributed by atoms with van der Waals surface area (Å²) >= 11 is 5.13. The highest BCUT2D eigenvalue weighted by atomic mass is 32.1. The average molecular weight is 304 g/mol. The van der Waals surface area contributed by atoms with Crippen LogP contribution in [0.15, 0.2) is 12.1 Å². The van der Waals surface area contributed by atoms with Gasteiger partial charge < -0.3 is 10.5 Å². The predicted molar refractivity (Wildman–Crippen MR) is 88.5 cm³/mol. The van der Waals surface area contributed by atoms with Crippen LogP contribution in [0.5, 0.6) is 5.88 Å². The number of hydrogen-bond acceptors (Lipinski definition) is 3. The number of aromatic nitrogens is 1. The molecule has 0 spiro atoms. The van der Waals surface area contributed by atoms with Gasteiger partial charge in [-0.3, -0.25) is 0 Å². The van der Waals surface area contributed by atoms with Crippen molar-refractivity contribution in [2.75, 3.05) is 0 Å². The summed E-state index contributed by atoms with van der Waals surface area (Å²) in [7, 11) is 0. The van der Waals surface area contributed by atoms with Crippen molar-refractivity contribution in [1.82, 2.24) is 4.98 Å². The monoisotopic (exact) mass is 304 g/mol. The molecule has 0 aliphatic heterocycles. The van der Waals surface area contributed by atoms with Gasteiger partial charge >= 0.3 is 0 Å². The van der Waals surface area contributed by atoms with E-state index in [4.69, 9.17) is 22.7 Å². The van der Waals surface area contributed by atoms with Crippen molar-refractivity contribution >= 4 is 17.2 Å². The summed E-state index contributed by atoms with van der Waals surface area (Å²) in [4.78, 5) is 4.88. The Balaban J connectivity index is 1.92. The molecule has 3 nitrogen and oxygen atoms in total. The summed E-state index contributed by atoms with van der Waals surface area (Å²) in [5.41, 5.74) is 8.02. The molecule has 2 aliphatic carbocycles. The fraction of sp³-hybridized carbons (Fsp3) is 0.647. The fourth-order valence-electron chi connectivity index (χ4n) is 4.25. The summed E-state index contributed by atoms with van der Waals surface area (Å²) in [6.45, 7) is 9.09. The van der Waals surface area contributed by atoms with E-state index in [2.05, 4.69) is 25.8 Å². The third-order valence-corrected chi connectivity index (χ3v) is 6.45. The normalized spacial score (nSPS) is 33.1. The van der Waals surface area contributed by atoms with Crippen LogP contribution in [0.4, 0.5) is 0 Å². The molecule has 114 valence electrons. The second-order valence-electron chi connectivity index (χ2n) is 7.39. The molecule has 0 amide bonds. The zero-order chi connectivity index (χ0) is 15.4. The second-order valence-corrected chi connectivity index (χ2v) is 7.83. The number of rotatable bonds is 3. The van der Waals surface area contributed by atoms with Crippen molar-refractivity contribution in [2.24, 2.45) is 22.5 Å². The van der Waals surface area contributed by atoms with Crippen molar-refractivity contribution in [3.05, 3.63) is 23.4 Å². The van der Waals surface area contributed by atoms with Crippen molar-refractivity contribution in [1.29, 1.82) is 0 Å². The quantitative estimate of drug-likeness (QED) is 0.867. The Morgan fingerprint density at radius 3 is 2.62 bits per heavy atom. The number of nitrogens with two attached hydrogens (primary N) is 1. The summed E-state index contributed by atoms with van der Waals surface area (Å²) in [5.74, 6) is 1.35. The van der Waals surface area contributed by atoms with Gasteiger partial charge in [-0.25, -0.2) is 4.98 Å². The highest BCUT2D eigenvalue weighted by Crippen LogP contribution is 2.66. The highest BCUT2D eigenvalue weighted by Gasteiger charge is 2.62. The van der Waals surface area contributed by atoms with Crippen molar-refractivity contribution < 1.29 is 4.74 Å². The van der Waals surface area contributed by atoms with Gasteiger partial charge in [0.25, 0.3) is 0 Å². The Labute approximate surface area is 132 Å². The van der Waals surface area contributed by atoms with Crippen molar-refractivity contribution in [3.63, 3.8) is 0 Å². The molecular weight excluding hydrogens is 280 g/mol. The van der Waals surface area contributed by atoms with E-state index in [0.717, 1.165) is 23.6 Å². The van der Waals surface area contributed by atoms with Gasteiger partial charge in [-0.2, -0.15) is 0 Å². The smallest absolute Gasteiger partial charge is 0.224 e. The van der Waals surface area contributed by atoms with Crippen LogP contribution >= 0.6 is 12.2 Å². The zero-order valence-electron chi connectivity index (χ0n) is 13.3. The number of fused-ring (bicyclic) bond motifs is 2. The number of aryl methyl sites for hydroxylation is 1. The summed E-state index contributed by atoms with van der Waals surface area (Å²) in [6, 6.07) is 3.84. The maximum absolute atomic E-state index is 6.34. The third kappa shape index (κ3) is 2.07. The van der Waals surface area contributed by atoms with Crippen LogP contribution in [0.3, 0.4) is 0 Å². The fourth-order valence-corrected chi connectivity index (χ4v) is 4.41. The highest BCUT2D eigenvalue weighted by molar-refractivity contribution is 7.80. The Kier molecular flexibility index (Phi) is 3.28. The Bertz CT molecular complexity index is 598. The van der Waals surface area contributed by atoms with E-state index in [1.165, 1.54) is 12.8 Å². The van der Waals surface area contributed by atoms with Crippen LogP contribution < -0.4 is 10.5 Å². The lowest BCUT2D eigenvalue weighted by atomic mass is 9.70. The van der Waals surface area contributed by atoms with E-state index in [1.807, 2.05) is 19.1 Å². The number of thiocarbonyl (C=S) groups is 1. The second kappa shape index (κ2) is 4.67. The van der Waals surface area contributed by atoms with E-state index in [1.54, 1.807) is 0 Å². The maximum Gasteiger partial charge on any atom is 0.224 e. The van der Waals surface area contributed by atoms with Crippen LogP contribution in [-0.4, -0.2) is 16.1 Å². The average Bonchev–Trinajstić information content (AvgIpc) is 2.71. The zero-order valence-corrected chi connectivity index (χ0v) is 14.1. The lowest BCUT2D eigenvalue weighted by Crippen LogP contribution is -2.39. The van der Waals surface area contributed by atoms with E-state index in [-0.39, 0.29) is 11.5 Å². The van der Waals surface area contributed by atoms with Gasteiger partial charge in [0, 0.05) is 11.1 Å². The third-order valence-electron chi connectivity index (χ3n) is 6.23. The molecule has 0 aromatic carbocycles. The van der Waals surface area contributed by atoms with Crippen molar-refractivity contribution in [2.45, 2.75) is 53.1 Å². The topological polar surface area (TPSA) is 48.1 Å². The van der Waals surface area contributed by atoms with Gasteiger partial charge in [0.15, 0.2) is 0 Å². The Morgan fingerprint density at radius 2 is 2.10 bits per heavy atom. The SMILES string of the molecule is Cc1ccc(C(N)=S)c(OC2CC3CCC2(C)C3(C)C)n1. The van der Waals surface area contributed by atoms with E-state index >= 15 is 0 Å².